The molecule has 0 radical (unpaired) electrons. The van der Waals surface area contributed by atoms with Gasteiger partial charge in [0.05, 0.1) is 17.1 Å². The largest absolute Gasteiger partial charge is 0.482 e. The highest BCUT2D eigenvalue weighted by Crippen LogP contribution is 2.28. The van der Waals surface area contributed by atoms with Gasteiger partial charge in [0, 0.05) is 24.8 Å². The maximum atomic E-state index is 13.5. The number of carbonyl (C=O) groups is 1. The second-order valence-electron chi connectivity index (χ2n) is 7.44. The summed E-state index contributed by atoms with van der Waals surface area (Å²) < 4.78 is 82.5. The fraction of sp³-hybridized carbons (Fsp3) is 0.381. The van der Waals surface area contributed by atoms with Crippen LogP contribution < -0.4 is 15.4 Å². The van der Waals surface area contributed by atoms with Gasteiger partial charge in [-0.25, -0.2) is 12.8 Å². The summed E-state index contributed by atoms with van der Waals surface area (Å²) in [5.41, 5.74) is 0.100. The van der Waals surface area contributed by atoms with Crippen molar-refractivity contribution in [1.29, 1.82) is 0 Å². The summed E-state index contributed by atoms with van der Waals surface area (Å²) in [6.45, 7) is -1.11. The smallest absolute Gasteiger partial charge is 0.422 e. The Morgan fingerprint density at radius 1 is 1.06 bits per heavy atom. The SMILES string of the molecule is O=C(CNc1cc(F)ccc1OCC(F)(F)F)Nc1cccc(S(=O)(=O)N2CCCCC2)c1. The summed E-state index contributed by atoms with van der Waals surface area (Å²) in [4.78, 5) is 12.4. The molecule has 0 aromatic heterocycles. The third-order valence-electron chi connectivity index (χ3n) is 4.84. The molecule has 1 heterocycles. The highest BCUT2D eigenvalue weighted by Gasteiger charge is 2.29. The quantitative estimate of drug-likeness (QED) is 0.548. The molecule has 0 saturated carbocycles. The molecule has 0 unspecified atom stereocenters. The first-order valence-electron chi connectivity index (χ1n) is 10.2. The lowest BCUT2D eigenvalue weighted by Gasteiger charge is -2.26. The average Bonchev–Trinajstić information content (AvgIpc) is 2.77. The number of sulfonamides is 1. The summed E-state index contributed by atoms with van der Waals surface area (Å²) >= 11 is 0. The molecule has 0 atom stereocenters. The van der Waals surface area contributed by atoms with Crippen molar-refractivity contribution in [1.82, 2.24) is 4.31 Å². The third kappa shape index (κ3) is 7.06. The second-order valence-corrected chi connectivity index (χ2v) is 9.38. The van der Waals surface area contributed by atoms with E-state index in [0.29, 0.717) is 13.1 Å². The molecular weight excluding hydrogens is 466 g/mol. The first-order valence-corrected chi connectivity index (χ1v) is 11.6. The van der Waals surface area contributed by atoms with E-state index < -0.39 is 41.1 Å². The highest BCUT2D eigenvalue weighted by atomic mass is 32.2. The molecule has 0 bridgehead atoms. The fourth-order valence-corrected chi connectivity index (χ4v) is 4.86. The molecule has 12 heteroatoms. The fourth-order valence-electron chi connectivity index (χ4n) is 3.30. The van der Waals surface area contributed by atoms with Gasteiger partial charge in [-0.05, 0) is 43.2 Å². The Morgan fingerprint density at radius 3 is 2.48 bits per heavy atom. The van der Waals surface area contributed by atoms with Crippen LogP contribution in [0.5, 0.6) is 5.75 Å². The van der Waals surface area contributed by atoms with Crippen molar-refractivity contribution in [3.05, 3.63) is 48.3 Å². The third-order valence-corrected chi connectivity index (χ3v) is 6.74. The summed E-state index contributed by atoms with van der Waals surface area (Å²) in [5, 5.41) is 5.06. The van der Waals surface area contributed by atoms with E-state index in [1.807, 2.05) is 0 Å². The number of rotatable bonds is 8. The Labute approximate surface area is 188 Å². The van der Waals surface area contributed by atoms with Crippen LogP contribution in [0.2, 0.25) is 0 Å². The molecule has 3 rings (SSSR count). The van der Waals surface area contributed by atoms with Crippen LogP contribution in [0.3, 0.4) is 0 Å². The van der Waals surface area contributed by atoms with Crippen molar-refractivity contribution in [3.63, 3.8) is 0 Å². The van der Waals surface area contributed by atoms with Crippen LogP contribution in [0.4, 0.5) is 28.9 Å². The van der Waals surface area contributed by atoms with Crippen molar-refractivity contribution in [3.8, 4) is 5.75 Å². The molecule has 0 spiro atoms. The van der Waals surface area contributed by atoms with E-state index in [1.165, 1.54) is 28.6 Å². The standard InChI is InChI=1S/C21H23F4N3O4S/c22-15-7-8-19(32-14-21(23,24)25)18(11-15)26-13-20(29)27-16-5-4-6-17(12-16)33(30,31)28-9-2-1-3-10-28/h4-8,11-12,26H,1-3,9-10,13-14H2,(H,27,29). The van der Waals surface area contributed by atoms with E-state index in [4.69, 9.17) is 0 Å². The van der Waals surface area contributed by atoms with E-state index in [1.54, 1.807) is 0 Å². The second kappa shape index (κ2) is 10.4. The van der Waals surface area contributed by atoms with Crippen LogP contribution >= 0.6 is 0 Å². The predicted octanol–water partition coefficient (Wildman–Crippen LogP) is 3.99. The van der Waals surface area contributed by atoms with Gasteiger partial charge in [-0.1, -0.05) is 12.5 Å². The maximum absolute atomic E-state index is 13.5. The molecule has 2 aromatic rings. The van der Waals surface area contributed by atoms with E-state index in [2.05, 4.69) is 15.4 Å². The van der Waals surface area contributed by atoms with E-state index in [9.17, 15) is 30.8 Å². The summed E-state index contributed by atoms with van der Waals surface area (Å²) in [6.07, 6.45) is -2.03. The van der Waals surface area contributed by atoms with Crippen LogP contribution in [-0.4, -0.2) is 51.0 Å². The summed E-state index contributed by atoms with van der Waals surface area (Å²) in [7, 11) is -3.69. The zero-order valence-electron chi connectivity index (χ0n) is 17.5. The minimum Gasteiger partial charge on any atom is -0.482 e. The predicted molar refractivity (Wildman–Crippen MR) is 114 cm³/mol. The van der Waals surface area contributed by atoms with Crippen molar-refractivity contribution in [2.75, 3.05) is 36.9 Å². The summed E-state index contributed by atoms with van der Waals surface area (Å²) in [6, 6.07) is 8.64. The number of halogens is 4. The molecule has 1 aliphatic rings. The van der Waals surface area contributed by atoms with E-state index in [-0.39, 0.29) is 22.0 Å². The first-order chi connectivity index (χ1) is 15.5. The van der Waals surface area contributed by atoms with Gasteiger partial charge in [0.15, 0.2) is 6.61 Å². The van der Waals surface area contributed by atoms with Gasteiger partial charge in [0.1, 0.15) is 11.6 Å². The molecule has 7 nitrogen and oxygen atoms in total. The Kier molecular flexibility index (Phi) is 7.80. The number of benzene rings is 2. The number of carbonyl (C=O) groups excluding carboxylic acids is 1. The van der Waals surface area contributed by atoms with Gasteiger partial charge < -0.3 is 15.4 Å². The van der Waals surface area contributed by atoms with Gasteiger partial charge in [-0.2, -0.15) is 17.5 Å². The molecule has 1 fully saturated rings. The molecule has 1 saturated heterocycles. The topological polar surface area (TPSA) is 87.7 Å². The van der Waals surface area contributed by atoms with Gasteiger partial charge in [0.25, 0.3) is 0 Å². The lowest BCUT2D eigenvalue weighted by Crippen LogP contribution is -2.35. The lowest BCUT2D eigenvalue weighted by molar-refractivity contribution is -0.153. The van der Waals surface area contributed by atoms with Crippen LogP contribution in [0.25, 0.3) is 0 Å². The zero-order valence-corrected chi connectivity index (χ0v) is 18.3. The number of piperidine rings is 1. The maximum Gasteiger partial charge on any atom is 0.422 e. The highest BCUT2D eigenvalue weighted by molar-refractivity contribution is 7.89. The minimum absolute atomic E-state index is 0.0446. The molecule has 180 valence electrons. The van der Waals surface area contributed by atoms with Crippen molar-refractivity contribution in [2.45, 2.75) is 30.3 Å². The number of hydrogen-bond donors (Lipinski definition) is 2. The molecule has 2 aromatic carbocycles. The van der Waals surface area contributed by atoms with Crippen LogP contribution in [-0.2, 0) is 14.8 Å². The van der Waals surface area contributed by atoms with Gasteiger partial charge in [0.2, 0.25) is 15.9 Å². The van der Waals surface area contributed by atoms with Crippen LogP contribution in [0.15, 0.2) is 47.4 Å². The Morgan fingerprint density at radius 2 is 1.79 bits per heavy atom. The number of anilines is 2. The minimum atomic E-state index is -4.58. The van der Waals surface area contributed by atoms with Crippen molar-refractivity contribution >= 4 is 27.3 Å². The van der Waals surface area contributed by atoms with Crippen molar-refractivity contribution < 1.29 is 35.5 Å². The number of ether oxygens (including phenoxy) is 1. The van der Waals surface area contributed by atoms with Crippen molar-refractivity contribution in [2.24, 2.45) is 0 Å². The normalized spacial score (nSPS) is 15.2. The zero-order chi connectivity index (χ0) is 24.1. The Balaban J connectivity index is 1.64. The van der Waals surface area contributed by atoms with Crippen LogP contribution in [0, 0.1) is 5.82 Å². The number of nitrogens with one attached hydrogen (secondary N) is 2. The first kappa shape index (κ1) is 24.8. The van der Waals surface area contributed by atoms with Gasteiger partial charge >= 0.3 is 6.18 Å². The number of nitrogens with zero attached hydrogens (tertiary/aromatic N) is 1. The number of amides is 1. The molecule has 33 heavy (non-hydrogen) atoms. The Bertz CT molecular complexity index is 1090. The van der Waals surface area contributed by atoms with E-state index in [0.717, 1.165) is 37.5 Å². The van der Waals surface area contributed by atoms with E-state index >= 15 is 0 Å². The van der Waals surface area contributed by atoms with Gasteiger partial charge in [-0.3, -0.25) is 4.79 Å². The average molecular weight is 489 g/mol. The molecular formula is C21H23F4N3O4S. The summed E-state index contributed by atoms with van der Waals surface area (Å²) in [5.74, 6) is -1.61. The van der Waals surface area contributed by atoms with Gasteiger partial charge in [-0.15, -0.1) is 0 Å². The van der Waals surface area contributed by atoms with Crippen LogP contribution in [0.1, 0.15) is 19.3 Å². The lowest BCUT2D eigenvalue weighted by atomic mass is 10.2. The number of alkyl halides is 3. The molecule has 0 aliphatic carbocycles. The monoisotopic (exact) mass is 489 g/mol. The number of hydrogen-bond acceptors (Lipinski definition) is 5. The molecule has 1 amide bonds. The molecule has 1 aliphatic heterocycles. The molecule has 2 N–H and O–H groups in total. The Hall–Kier alpha value is -2.86.